The van der Waals surface area contributed by atoms with Gasteiger partial charge in [-0.05, 0) is 18.6 Å². The van der Waals surface area contributed by atoms with Crippen LogP contribution in [0, 0.1) is 11.6 Å². The predicted octanol–water partition coefficient (Wildman–Crippen LogP) is 2.36. The zero-order valence-corrected chi connectivity index (χ0v) is 14.2. The molecule has 2 heterocycles. The minimum absolute atomic E-state index is 0.204. The van der Waals surface area contributed by atoms with Gasteiger partial charge in [0.2, 0.25) is 0 Å². The Hall–Kier alpha value is -3.10. The average Bonchev–Trinajstić information content (AvgIpc) is 3.03. The first-order valence-electron chi connectivity index (χ1n) is 8.23. The number of aromatic nitrogens is 4. The summed E-state index contributed by atoms with van der Waals surface area (Å²) in [6.07, 6.45) is 4.07. The molecule has 0 spiro atoms. The zero-order valence-electron chi connectivity index (χ0n) is 14.2. The van der Waals surface area contributed by atoms with Crippen LogP contribution < -0.4 is 10.6 Å². The summed E-state index contributed by atoms with van der Waals surface area (Å²) in [5.74, 6) is -1.53. The van der Waals surface area contributed by atoms with Crippen LogP contribution in [0.4, 0.5) is 14.6 Å². The molecule has 0 aliphatic carbocycles. The lowest BCUT2D eigenvalue weighted by atomic mass is 10.2. The van der Waals surface area contributed by atoms with E-state index in [0.717, 1.165) is 30.5 Å². The number of benzene rings is 1. The van der Waals surface area contributed by atoms with Crippen LogP contribution in [0.1, 0.15) is 23.7 Å². The fourth-order valence-electron chi connectivity index (χ4n) is 2.49. The number of amides is 1. The Morgan fingerprint density at radius 2 is 2.08 bits per heavy atom. The first-order valence-corrected chi connectivity index (χ1v) is 8.23. The molecule has 0 atom stereocenters. The fraction of sp³-hybridized carbons (Fsp3) is 0.294. The minimum atomic E-state index is -0.897. The van der Waals surface area contributed by atoms with Crippen molar-refractivity contribution in [1.29, 1.82) is 0 Å². The summed E-state index contributed by atoms with van der Waals surface area (Å²) in [5.41, 5.74) is 0.436. The fourth-order valence-corrected chi connectivity index (χ4v) is 2.49. The van der Waals surface area contributed by atoms with Crippen molar-refractivity contribution in [1.82, 2.24) is 25.1 Å². The van der Waals surface area contributed by atoms with Gasteiger partial charge in [0.15, 0.2) is 5.65 Å². The van der Waals surface area contributed by atoms with E-state index in [4.69, 9.17) is 0 Å². The molecule has 3 rings (SSSR count). The second-order valence-electron chi connectivity index (χ2n) is 5.63. The quantitative estimate of drug-likeness (QED) is 0.676. The highest BCUT2D eigenvalue weighted by Crippen LogP contribution is 2.18. The maximum Gasteiger partial charge on any atom is 0.254 e. The summed E-state index contributed by atoms with van der Waals surface area (Å²) in [5, 5.41) is 10.9. The van der Waals surface area contributed by atoms with E-state index >= 15 is 0 Å². The van der Waals surface area contributed by atoms with Crippen LogP contribution in [0.2, 0.25) is 0 Å². The summed E-state index contributed by atoms with van der Waals surface area (Å²) < 4.78 is 28.2. The van der Waals surface area contributed by atoms with E-state index in [1.54, 1.807) is 10.9 Å². The largest absolute Gasteiger partial charge is 0.369 e. The first kappa shape index (κ1) is 17.7. The molecular weight excluding hydrogens is 342 g/mol. The number of anilines is 1. The van der Waals surface area contributed by atoms with E-state index in [-0.39, 0.29) is 12.1 Å². The van der Waals surface area contributed by atoms with E-state index in [1.165, 1.54) is 6.33 Å². The highest BCUT2D eigenvalue weighted by molar-refractivity contribution is 5.94. The molecule has 0 fully saturated rings. The highest BCUT2D eigenvalue weighted by Gasteiger charge is 2.13. The van der Waals surface area contributed by atoms with Crippen LogP contribution >= 0.6 is 0 Å². The van der Waals surface area contributed by atoms with E-state index in [9.17, 15) is 13.6 Å². The molecule has 1 amide bonds. The molecule has 0 aliphatic heterocycles. The van der Waals surface area contributed by atoms with Gasteiger partial charge in [0, 0.05) is 19.2 Å². The van der Waals surface area contributed by atoms with Crippen molar-refractivity contribution >= 4 is 22.8 Å². The summed E-state index contributed by atoms with van der Waals surface area (Å²) in [4.78, 5) is 20.4. The summed E-state index contributed by atoms with van der Waals surface area (Å²) in [6, 6.07) is 2.83. The van der Waals surface area contributed by atoms with Crippen LogP contribution in [0.25, 0.3) is 11.0 Å². The van der Waals surface area contributed by atoms with E-state index < -0.39 is 17.5 Å². The molecule has 0 bridgehead atoms. The highest BCUT2D eigenvalue weighted by atomic mass is 19.1. The Morgan fingerprint density at radius 1 is 1.23 bits per heavy atom. The van der Waals surface area contributed by atoms with Crippen molar-refractivity contribution in [2.45, 2.75) is 19.9 Å². The van der Waals surface area contributed by atoms with E-state index in [0.29, 0.717) is 24.1 Å². The van der Waals surface area contributed by atoms with Crippen LogP contribution in [0.5, 0.6) is 0 Å². The van der Waals surface area contributed by atoms with E-state index in [2.05, 4.69) is 32.6 Å². The molecule has 0 aliphatic rings. The van der Waals surface area contributed by atoms with Crippen molar-refractivity contribution in [3.63, 3.8) is 0 Å². The van der Waals surface area contributed by atoms with Gasteiger partial charge < -0.3 is 10.6 Å². The van der Waals surface area contributed by atoms with Gasteiger partial charge in [0.25, 0.3) is 5.91 Å². The molecule has 0 radical (unpaired) electrons. The smallest absolute Gasteiger partial charge is 0.254 e. The number of nitrogens with zero attached hydrogens (tertiary/aromatic N) is 4. The third-order valence-corrected chi connectivity index (χ3v) is 3.76. The average molecular weight is 360 g/mol. The molecule has 26 heavy (non-hydrogen) atoms. The number of nitrogens with one attached hydrogen (secondary N) is 2. The lowest BCUT2D eigenvalue weighted by molar-refractivity contribution is 0.0948. The number of hydrogen-bond donors (Lipinski definition) is 2. The van der Waals surface area contributed by atoms with Crippen molar-refractivity contribution in [2.75, 3.05) is 18.4 Å². The van der Waals surface area contributed by atoms with Crippen LogP contribution in [-0.4, -0.2) is 38.7 Å². The molecule has 0 unspecified atom stereocenters. The maximum absolute atomic E-state index is 13.6. The zero-order chi connectivity index (χ0) is 18.5. The number of rotatable bonds is 7. The Bertz CT molecular complexity index is 927. The molecule has 0 saturated heterocycles. The topological polar surface area (TPSA) is 84.7 Å². The lowest BCUT2D eigenvalue weighted by Crippen LogP contribution is -2.28. The van der Waals surface area contributed by atoms with Crippen molar-refractivity contribution in [2.24, 2.45) is 0 Å². The van der Waals surface area contributed by atoms with Gasteiger partial charge in [-0.1, -0.05) is 6.92 Å². The summed E-state index contributed by atoms with van der Waals surface area (Å²) in [6.45, 7) is 3.41. The van der Waals surface area contributed by atoms with Gasteiger partial charge in [-0.2, -0.15) is 5.10 Å². The lowest BCUT2D eigenvalue weighted by Gasteiger charge is -2.08. The van der Waals surface area contributed by atoms with Crippen LogP contribution in [-0.2, 0) is 6.54 Å². The number of fused-ring (bicyclic) bond motifs is 1. The second-order valence-corrected chi connectivity index (χ2v) is 5.63. The van der Waals surface area contributed by atoms with Crippen molar-refractivity contribution in [3.8, 4) is 0 Å². The summed E-state index contributed by atoms with van der Waals surface area (Å²) in [7, 11) is 0. The van der Waals surface area contributed by atoms with Crippen LogP contribution in [0.3, 0.4) is 0 Å². The Balaban J connectivity index is 1.65. The second kappa shape index (κ2) is 7.85. The third kappa shape index (κ3) is 3.76. The first-order chi connectivity index (χ1) is 12.6. The number of hydrogen-bond acceptors (Lipinski definition) is 5. The molecular formula is C17H18F2N6O. The Kier molecular flexibility index (Phi) is 5.35. The van der Waals surface area contributed by atoms with Gasteiger partial charge in [-0.15, -0.1) is 0 Å². The number of carbonyl (C=O) groups is 1. The minimum Gasteiger partial charge on any atom is -0.369 e. The molecule has 7 nitrogen and oxygen atoms in total. The van der Waals surface area contributed by atoms with Crippen LogP contribution in [0.15, 0.2) is 30.7 Å². The third-order valence-electron chi connectivity index (χ3n) is 3.76. The molecule has 1 aromatic carbocycles. The molecule has 2 aromatic heterocycles. The number of halogens is 2. The van der Waals surface area contributed by atoms with Crippen molar-refractivity contribution in [3.05, 3.63) is 47.9 Å². The normalized spacial score (nSPS) is 10.9. The van der Waals surface area contributed by atoms with Gasteiger partial charge >= 0.3 is 0 Å². The predicted molar refractivity (Wildman–Crippen MR) is 92.8 cm³/mol. The Morgan fingerprint density at radius 3 is 2.85 bits per heavy atom. The summed E-state index contributed by atoms with van der Waals surface area (Å²) >= 11 is 0. The molecule has 0 saturated carbocycles. The van der Waals surface area contributed by atoms with E-state index in [1.807, 2.05) is 0 Å². The molecule has 9 heteroatoms. The standard InChI is InChI=1S/C17H18F2N6O/c1-2-5-20-15-13-9-24-25(16(13)23-10-22-15)7-6-21-17(26)12-4-3-11(18)8-14(12)19/h3-4,8-10H,2,5-7H2,1H3,(H,21,26)(H,20,22,23). The molecule has 2 N–H and O–H groups in total. The number of carbonyl (C=O) groups excluding carboxylic acids is 1. The van der Waals surface area contributed by atoms with Gasteiger partial charge in [-0.3, -0.25) is 4.79 Å². The monoisotopic (exact) mass is 360 g/mol. The van der Waals surface area contributed by atoms with Gasteiger partial charge in [0.05, 0.1) is 23.7 Å². The molecule has 3 aromatic rings. The molecule has 136 valence electrons. The van der Waals surface area contributed by atoms with Gasteiger partial charge in [0.1, 0.15) is 23.8 Å². The van der Waals surface area contributed by atoms with Crippen molar-refractivity contribution < 1.29 is 13.6 Å². The Labute approximate surface area is 148 Å². The SMILES string of the molecule is CCCNc1ncnc2c1cnn2CCNC(=O)c1ccc(F)cc1F. The maximum atomic E-state index is 13.6. The van der Waals surface area contributed by atoms with Gasteiger partial charge in [-0.25, -0.2) is 23.4 Å².